The third kappa shape index (κ3) is 4.89. The van der Waals surface area contributed by atoms with E-state index in [1.54, 1.807) is 0 Å². The summed E-state index contributed by atoms with van der Waals surface area (Å²) in [6.45, 7) is 2.66. The Morgan fingerprint density at radius 3 is 2.87 bits per heavy atom. The van der Waals surface area contributed by atoms with Crippen LogP contribution < -0.4 is 10.9 Å². The summed E-state index contributed by atoms with van der Waals surface area (Å²) in [5, 5.41) is 16.7. The molecule has 6 heteroatoms. The van der Waals surface area contributed by atoms with E-state index in [2.05, 4.69) is 10.4 Å². The standard InChI is InChI=1S/C17H27N3O3/c1-2-3-11-20-16(22)10-9-15(19-20)17(23)18-14-8-6-4-5-7-13(14)12-21/h9-10,13-14,21H,2-8,11-12H2,1H3,(H,18,23). The van der Waals surface area contributed by atoms with E-state index >= 15 is 0 Å². The predicted molar refractivity (Wildman–Crippen MR) is 88.3 cm³/mol. The number of nitrogens with zero attached hydrogens (tertiary/aromatic N) is 2. The molecule has 0 radical (unpaired) electrons. The fraction of sp³-hybridized carbons (Fsp3) is 0.706. The zero-order chi connectivity index (χ0) is 16.7. The minimum atomic E-state index is -0.263. The van der Waals surface area contributed by atoms with Gasteiger partial charge in [0, 0.05) is 31.2 Å². The van der Waals surface area contributed by atoms with Crippen LogP contribution in [0.15, 0.2) is 16.9 Å². The van der Waals surface area contributed by atoms with Crippen LogP contribution in [0.5, 0.6) is 0 Å². The molecule has 0 aliphatic heterocycles. The monoisotopic (exact) mass is 321 g/mol. The number of carbonyl (C=O) groups excluding carboxylic acids is 1. The Hall–Kier alpha value is -1.69. The molecule has 1 aliphatic rings. The second kappa shape index (κ2) is 8.82. The summed E-state index contributed by atoms with van der Waals surface area (Å²) in [7, 11) is 0. The van der Waals surface area contributed by atoms with Gasteiger partial charge in [-0.15, -0.1) is 0 Å². The molecule has 1 aromatic rings. The normalized spacial score (nSPS) is 21.7. The molecule has 0 spiro atoms. The van der Waals surface area contributed by atoms with Gasteiger partial charge < -0.3 is 10.4 Å². The summed E-state index contributed by atoms with van der Waals surface area (Å²) >= 11 is 0. The first kappa shape index (κ1) is 17.7. The van der Waals surface area contributed by atoms with E-state index in [4.69, 9.17) is 0 Å². The van der Waals surface area contributed by atoms with Gasteiger partial charge in [-0.2, -0.15) is 5.10 Å². The van der Waals surface area contributed by atoms with Gasteiger partial charge in [0.1, 0.15) is 5.69 Å². The van der Waals surface area contributed by atoms with Crippen LogP contribution in [0.1, 0.15) is 62.4 Å². The molecule has 128 valence electrons. The van der Waals surface area contributed by atoms with Crippen LogP contribution in [0.25, 0.3) is 0 Å². The molecule has 1 fully saturated rings. The van der Waals surface area contributed by atoms with Gasteiger partial charge in [-0.1, -0.05) is 32.6 Å². The third-order valence-electron chi connectivity index (χ3n) is 4.53. The SMILES string of the molecule is CCCCn1nc(C(=O)NC2CCCCCC2CO)ccc1=O. The summed E-state index contributed by atoms with van der Waals surface area (Å²) < 4.78 is 1.36. The Balaban J connectivity index is 2.08. The predicted octanol–water partition coefficient (Wildman–Crippen LogP) is 1.71. The van der Waals surface area contributed by atoms with Gasteiger partial charge in [0.25, 0.3) is 11.5 Å². The molecule has 1 saturated carbocycles. The molecule has 6 nitrogen and oxygen atoms in total. The van der Waals surface area contributed by atoms with Crippen molar-refractivity contribution in [2.24, 2.45) is 5.92 Å². The highest BCUT2D eigenvalue weighted by molar-refractivity contribution is 5.92. The van der Waals surface area contributed by atoms with Crippen molar-refractivity contribution in [1.82, 2.24) is 15.1 Å². The average molecular weight is 321 g/mol. The molecule has 0 bridgehead atoms. The van der Waals surface area contributed by atoms with Crippen LogP contribution in [0.2, 0.25) is 0 Å². The largest absolute Gasteiger partial charge is 0.396 e. The van der Waals surface area contributed by atoms with Crippen LogP contribution in [-0.4, -0.2) is 33.4 Å². The van der Waals surface area contributed by atoms with Gasteiger partial charge in [0.2, 0.25) is 0 Å². The lowest BCUT2D eigenvalue weighted by atomic mass is 9.95. The molecule has 1 aromatic heterocycles. The smallest absolute Gasteiger partial charge is 0.271 e. The molecule has 1 heterocycles. The van der Waals surface area contributed by atoms with E-state index in [1.807, 2.05) is 6.92 Å². The van der Waals surface area contributed by atoms with Gasteiger partial charge in [-0.3, -0.25) is 9.59 Å². The number of amides is 1. The van der Waals surface area contributed by atoms with Crippen LogP contribution in [0, 0.1) is 5.92 Å². The van der Waals surface area contributed by atoms with Gasteiger partial charge >= 0.3 is 0 Å². The quantitative estimate of drug-likeness (QED) is 0.781. The van der Waals surface area contributed by atoms with Gasteiger partial charge in [-0.05, 0) is 25.3 Å². The average Bonchev–Trinajstić information content (AvgIpc) is 2.79. The summed E-state index contributed by atoms with van der Waals surface area (Å²) in [5.74, 6) is -0.159. The van der Waals surface area contributed by atoms with Crippen molar-refractivity contribution in [3.05, 3.63) is 28.2 Å². The fourth-order valence-electron chi connectivity index (χ4n) is 3.07. The Bertz CT molecular complexity index is 570. The lowest BCUT2D eigenvalue weighted by Crippen LogP contribution is -2.42. The van der Waals surface area contributed by atoms with Crippen molar-refractivity contribution in [1.29, 1.82) is 0 Å². The summed E-state index contributed by atoms with van der Waals surface area (Å²) in [5.41, 5.74) is 0.0827. The highest BCUT2D eigenvalue weighted by atomic mass is 16.3. The number of aliphatic hydroxyl groups excluding tert-OH is 1. The molecule has 0 saturated heterocycles. The second-order valence-corrected chi connectivity index (χ2v) is 6.29. The number of unbranched alkanes of at least 4 members (excludes halogenated alkanes) is 1. The van der Waals surface area contributed by atoms with Gasteiger partial charge in [0.15, 0.2) is 0 Å². The van der Waals surface area contributed by atoms with Crippen LogP contribution in [0.4, 0.5) is 0 Å². The fourth-order valence-corrected chi connectivity index (χ4v) is 3.07. The van der Waals surface area contributed by atoms with Crippen molar-refractivity contribution in [2.75, 3.05) is 6.61 Å². The number of aryl methyl sites for hydroxylation is 1. The topological polar surface area (TPSA) is 84.2 Å². The van der Waals surface area contributed by atoms with Crippen LogP contribution in [-0.2, 0) is 6.54 Å². The number of carbonyl (C=O) groups is 1. The lowest BCUT2D eigenvalue weighted by Gasteiger charge is -2.24. The molecule has 0 aromatic carbocycles. The molecule has 2 atom stereocenters. The number of hydrogen-bond acceptors (Lipinski definition) is 4. The minimum Gasteiger partial charge on any atom is -0.396 e. The minimum absolute atomic E-state index is 0.0205. The summed E-state index contributed by atoms with van der Waals surface area (Å²) in [6.07, 6.45) is 6.93. The number of hydrogen-bond donors (Lipinski definition) is 2. The molecule has 2 rings (SSSR count). The van der Waals surface area contributed by atoms with Crippen molar-refractivity contribution in [3.8, 4) is 0 Å². The van der Waals surface area contributed by atoms with E-state index in [9.17, 15) is 14.7 Å². The molecule has 2 unspecified atom stereocenters. The van der Waals surface area contributed by atoms with Gasteiger partial charge in [0.05, 0.1) is 0 Å². The Kier molecular flexibility index (Phi) is 6.77. The van der Waals surface area contributed by atoms with E-state index < -0.39 is 0 Å². The number of rotatable bonds is 6. The Morgan fingerprint density at radius 1 is 1.35 bits per heavy atom. The third-order valence-corrected chi connectivity index (χ3v) is 4.53. The molecule has 1 aliphatic carbocycles. The first-order valence-electron chi connectivity index (χ1n) is 8.65. The van der Waals surface area contributed by atoms with Crippen molar-refractivity contribution >= 4 is 5.91 Å². The maximum Gasteiger partial charge on any atom is 0.271 e. The highest BCUT2D eigenvalue weighted by Crippen LogP contribution is 2.23. The molecule has 2 N–H and O–H groups in total. The second-order valence-electron chi connectivity index (χ2n) is 6.29. The van der Waals surface area contributed by atoms with E-state index in [1.165, 1.54) is 16.8 Å². The Labute approximate surface area is 136 Å². The van der Waals surface area contributed by atoms with Gasteiger partial charge in [-0.25, -0.2) is 4.68 Å². The molecular formula is C17H27N3O3. The number of aliphatic hydroxyl groups is 1. The zero-order valence-corrected chi connectivity index (χ0v) is 13.8. The Morgan fingerprint density at radius 2 is 2.13 bits per heavy atom. The molecule has 1 amide bonds. The zero-order valence-electron chi connectivity index (χ0n) is 13.8. The number of nitrogens with one attached hydrogen (secondary N) is 1. The maximum absolute atomic E-state index is 12.5. The summed E-state index contributed by atoms with van der Waals surface area (Å²) in [4.78, 5) is 24.2. The molecular weight excluding hydrogens is 294 g/mol. The van der Waals surface area contributed by atoms with Crippen molar-refractivity contribution in [2.45, 2.75) is 64.5 Å². The first-order chi connectivity index (χ1) is 11.2. The van der Waals surface area contributed by atoms with Crippen molar-refractivity contribution < 1.29 is 9.90 Å². The number of aromatic nitrogens is 2. The maximum atomic E-state index is 12.5. The molecule has 23 heavy (non-hydrogen) atoms. The van der Waals surface area contributed by atoms with Crippen LogP contribution >= 0.6 is 0 Å². The van der Waals surface area contributed by atoms with E-state index in [0.717, 1.165) is 44.9 Å². The summed E-state index contributed by atoms with van der Waals surface area (Å²) in [6, 6.07) is 2.85. The lowest BCUT2D eigenvalue weighted by molar-refractivity contribution is 0.0891. The first-order valence-corrected chi connectivity index (χ1v) is 8.65. The van der Waals surface area contributed by atoms with E-state index in [-0.39, 0.29) is 35.7 Å². The van der Waals surface area contributed by atoms with Crippen molar-refractivity contribution in [3.63, 3.8) is 0 Å². The van der Waals surface area contributed by atoms with E-state index in [0.29, 0.717) is 6.54 Å². The van der Waals surface area contributed by atoms with Crippen LogP contribution in [0.3, 0.4) is 0 Å². The highest BCUT2D eigenvalue weighted by Gasteiger charge is 2.25.